The number of hydrogen-bond donors (Lipinski definition) is 0. The lowest BCUT2D eigenvalue weighted by Crippen LogP contribution is -2.11. The third-order valence-electron chi connectivity index (χ3n) is 6.89. The number of rotatable bonds is 7. The molecule has 6 rings (SSSR count). The molecule has 2 aromatic carbocycles. The lowest BCUT2D eigenvalue weighted by atomic mass is 9.96. The second kappa shape index (κ2) is 9.17. The van der Waals surface area contributed by atoms with Crippen LogP contribution in [0.3, 0.4) is 0 Å². The van der Waals surface area contributed by atoms with E-state index in [0.717, 1.165) is 76.1 Å². The van der Waals surface area contributed by atoms with Gasteiger partial charge in [-0.1, -0.05) is 58.8 Å². The highest BCUT2D eigenvalue weighted by atomic mass is 127. The lowest BCUT2D eigenvalue weighted by Gasteiger charge is -2.14. The first-order valence-electron chi connectivity index (χ1n) is 12.1. The molecule has 2 aromatic heterocycles. The highest BCUT2D eigenvalue weighted by Crippen LogP contribution is 2.51. The van der Waals surface area contributed by atoms with Crippen LogP contribution in [0.1, 0.15) is 54.9 Å². The third kappa shape index (κ3) is 4.22. The largest absolute Gasteiger partial charge is 0.280 e. The molecular formula is C27H26ClIN6. The van der Waals surface area contributed by atoms with E-state index < -0.39 is 0 Å². The van der Waals surface area contributed by atoms with E-state index >= 15 is 0 Å². The van der Waals surface area contributed by atoms with E-state index in [-0.39, 0.29) is 5.54 Å². The number of aliphatic imine (C=N–C) groups is 1. The minimum atomic E-state index is -0.307. The van der Waals surface area contributed by atoms with Crippen LogP contribution in [0, 0.1) is 6.92 Å². The molecule has 1 saturated carbocycles. The maximum atomic E-state index is 6.22. The Bertz CT molecular complexity index is 1410. The summed E-state index contributed by atoms with van der Waals surface area (Å²) in [5, 5.41) is 14.3. The predicted molar refractivity (Wildman–Crippen MR) is 148 cm³/mol. The quantitative estimate of drug-likeness (QED) is 0.138. The highest BCUT2D eigenvalue weighted by Gasteiger charge is 2.51. The Morgan fingerprint density at radius 1 is 0.971 bits per heavy atom. The average Bonchev–Trinajstić information content (AvgIpc) is 3.34. The molecule has 35 heavy (non-hydrogen) atoms. The van der Waals surface area contributed by atoms with Crippen LogP contribution >= 0.6 is 34.2 Å². The summed E-state index contributed by atoms with van der Waals surface area (Å²) in [5.74, 6) is 1.82. The number of hydrogen-bond acceptors (Lipinski definition) is 4. The van der Waals surface area contributed by atoms with Gasteiger partial charge in [-0.05, 0) is 66.9 Å². The van der Waals surface area contributed by atoms with Crippen LogP contribution in [0.15, 0.2) is 59.9 Å². The zero-order valence-corrected chi connectivity index (χ0v) is 22.5. The first-order valence-corrected chi connectivity index (χ1v) is 14.0. The van der Waals surface area contributed by atoms with E-state index in [2.05, 4.69) is 83.7 Å². The molecule has 0 N–H and O–H groups in total. The second-order valence-corrected chi connectivity index (χ2v) is 10.9. The summed E-state index contributed by atoms with van der Waals surface area (Å²) >= 11 is 8.66. The van der Waals surface area contributed by atoms with Gasteiger partial charge in [0, 0.05) is 34.5 Å². The monoisotopic (exact) mass is 596 g/mol. The molecule has 1 aliphatic heterocycles. The molecule has 1 aliphatic carbocycles. The van der Waals surface area contributed by atoms with E-state index in [9.17, 15) is 0 Å². The Balaban J connectivity index is 1.45. The smallest absolute Gasteiger partial charge is 0.165 e. The zero-order chi connectivity index (χ0) is 24.0. The number of nitrogens with zero attached hydrogens (tertiary/aromatic N) is 6. The molecule has 4 aromatic rings. The van der Waals surface area contributed by atoms with Gasteiger partial charge in [-0.15, -0.1) is 10.2 Å². The maximum Gasteiger partial charge on any atom is 0.165 e. The summed E-state index contributed by atoms with van der Waals surface area (Å²) in [4.78, 5) is 5.34. The number of fused-ring (bicyclic) bond motifs is 4. The number of aromatic nitrogens is 5. The van der Waals surface area contributed by atoms with Crippen molar-refractivity contribution < 1.29 is 0 Å². The van der Waals surface area contributed by atoms with Crippen LogP contribution in [0.5, 0.6) is 0 Å². The van der Waals surface area contributed by atoms with Crippen LogP contribution in [-0.4, -0.2) is 34.7 Å². The number of alkyl halides is 1. The summed E-state index contributed by atoms with van der Waals surface area (Å²) in [6.45, 7) is 2.96. The Labute approximate surface area is 223 Å². The van der Waals surface area contributed by atoms with Gasteiger partial charge in [0.1, 0.15) is 11.4 Å². The Morgan fingerprint density at radius 3 is 2.54 bits per heavy atom. The Morgan fingerprint density at radius 2 is 1.77 bits per heavy atom. The molecule has 0 atom stereocenters. The van der Waals surface area contributed by atoms with Crippen molar-refractivity contribution in [1.82, 2.24) is 24.5 Å². The van der Waals surface area contributed by atoms with E-state index in [0.29, 0.717) is 0 Å². The average molecular weight is 597 g/mol. The van der Waals surface area contributed by atoms with Gasteiger partial charge >= 0.3 is 0 Å². The molecular weight excluding hydrogens is 571 g/mol. The molecule has 0 saturated heterocycles. The van der Waals surface area contributed by atoms with Gasteiger partial charge in [-0.25, -0.2) is 0 Å². The fraction of sp³-hybridized carbons (Fsp3) is 0.333. The van der Waals surface area contributed by atoms with Gasteiger partial charge < -0.3 is 0 Å². The molecule has 2 aliphatic rings. The van der Waals surface area contributed by atoms with Gasteiger partial charge in [-0.3, -0.25) is 14.2 Å². The molecule has 8 heteroatoms. The van der Waals surface area contributed by atoms with Crippen LogP contribution in [0.25, 0.3) is 16.8 Å². The number of unbranched alkanes of at least 4 members (excludes halogenated alkanes) is 2. The molecule has 1 spiro atoms. The topological polar surface area (TPSA) is 60.9 Å². The Kier molecular flexibility index (Phi) is 6.00. The molecule has 0 amide bonds. The van der Waals surface area contributed by atoms with Crippen molar-refractivity contribution in [3.05, 3.63) is 82.7 Å². The third-order valence-corrected chi connectivity index (χ3v) is 7.90. The first-order chi connectivity index (χ1) is 17.1. The molecule has 3 heterocycles. The Hall–Kier alpha value is -2.52. The normalized spacial score (nSPS) is 15.5. The van der Waals surface area contributed by atoms with Crippen LogP contribution in [-0.2, 0) is 12.1 Å². The minimum Gasteiger partial charge on any atom is -0.280 e. The van der Waals surface area contributed by atoms with E-state index in [1.165, 1.54) is 17.3 Å². The van der Waals surface area contributed by atoms with Crippen molar-refractivity contribution in [2.24, 2.45) is 4.99 Å². The molecule has 1 fully saturated rings. The summed E-state index contributed by atoms with van der Waals surface area (Å²) in [5.41, 5.74) is 6.11. The summed E-state index contributed by atoms with van der Waals surface area (Å²) in [6, 6.07) is 14.6. The van der Waals surface area contributed by atoms with Gasteiger partial charge in [0.25, 0.3) is 0 Å². The predicted octanol–water partition coefficient (Wildman–Crippen LogP) is 6.54. The van der Waals surface area contributed by atoms with Crippen molar-refractivity contribution in [3.63, 3.8) is 0 Å². The van der Waals surface area contributed by atoms with Crippen LogP contribution in [0.2, 0.25) is 5.02 Å². The van der Waals surface area contributed by atoms with Crippen molar-refractivity contribution >= 4 is 39.9 Å². The zero-order valence-electron chi connectivity index (χ0n) is 19.6. The van der Waals surface area contributed by atoms with Gasteiger partial charge in [-0.2, -0.15) is 5.10 Å². The summed E-state index contributed by atoms with van der Waals surface area (Å²) in [6.07, 6.45) is 9.73. The van der Waals surface area contributed by atoms with Gasteiger partial charge in [0.2, 0.25) is 0 Å². The SMILES string of the molecule is Cc1nnc2n1-c1ccc(-c3cnn(CCCCCI)c3)cc1C(c1ccc(Cl)cc1)=NC21CC1. The van der Waals surface area contributed by atoms with E-state index in [1.54, 1.807) is 0 Å². The summed E-state index contributed by atoms with van der Waals surface area (Å²) in [7, 11) is 0. The molecule has 178 valence electrons. The number of benzene rings is 2. The molecule has 0 unspecified atom stereocenters. The fourth-order valence-corrected chi connectivity index (χ4v) is 5.50. The number of halogens is 2. The summed E-state index contributed by atoms with van der Waals surface area (Å²) < 4.78 is 5.46. The van der Waals surface area contributed by atoms with Crippen molar-refractivity contribution in [2.45, 2.75) is 51.1 Å². The van der Waals surface area contributed by atoms with Gasteiger partial charge in [0.05, 0.1) is 17.6 Å². The highest BCUT2D eigenvalue weighted by molar-refractivity contribution is 14.1. The molecule has 0 radical (unpaired) electrons. The van der Waals surface area contributed by atoms with Crippen molar-refractivity contribution in [3.8, 4) is 16.8 Å². The first kappa shape index (κ1) is 22.9. The lowest BCUT2D eigenvalue weighted by molar-refractivity contribution is 0.555. The van der Waals surface area contributed by atoms with Crippen LogP contribution < -0.4 is 0 Å². The van der Waals surface area contributed by atoms with E-state index in [1.807, 2.05) is 25.3 Å². The number of aryl methyl sites for hydroxylation is 2. The van der Waals surface area contributed by atoms with Crippen molar-refractivity contribution in [2.75, 3.05) is 4.43 Å². The van der Waals surface area contributed by atoms with Crippen molar-refractivity contribution in [1.29, 1.82) is 0 Å². The molecule has 0 bridgehead atoms. The standard InChI is InChI=1S/C27H26ClIN6/c1-18-32-33-26-27(11-12-27)31-25(19-5-8-22(28)9-6-19)23-15-20(7-10-24(23)35(18)26)21-16-30-34(17-21)14-4-2-3-13-29/h5-10,15-17H,2-4,11-14H2,1H3. The van der Waals surface area contributed by atoms with Crippen LogP contribution in [0.4, 0.5) is 0 Å². The van der Waals surface area contributed by atoms with E-state index in [4.69, 9.17) is 16.6 Å². The second-order valence-electron chi connectivity index (χ2n) is 9.38. The minimum absolute atomic E-state index is 0.307. The molecule has 6 nitrogen and oxygen atoms in total. The van der Waals surface area contributed by atoms with Gasteiger partial charge in [0.15, 0.2) is 5.82 Å². The fourth-order valence-electron chi connectivity index (χ4n) is 4.84. The maximum absolute atomic E-state index is 6.22.